The van der Waals surface area contributed by atoms with Gasteiger partial charge in [-0.25, -0.2) is 0 Å². The standard InChI is InChI=1S/C8H16O/c1-2-7-5-3-4-6-8(7)9/h7-9H,2-6H2,1H3/t7-,8?/m1/s1. The Morgan fingerprint density at radius 2 is 2.00 bits per heavy atom. The smallest absolute Gasteiger partial charge is 0.0568 e. The zero-order valence-corrected chi connectivity index (χ0v) is 6.14. The molecular formula is C8H16O. The van der Waals surface area contributed by atoms with Gasteiger partial charge in [-0.1, -0.05) is 26.2 Å². The Labute approximate surface area is 57.1 Å². The van der Waals surface area contributed by atoms with E-state index in [0.717, 1.165) is 12.8 Å². The van der Waals surface area contributed by atoms with Crippen LogP contribution < -0.4 is 0 Å². The highest BCUT2D eigenvalue weighted by Gasteiger charge is 2.20. The van der Waals surface area contributed by atoms with Crippen molar-refractivity contribution in [2.45, 2.75) is 45.1 Å². The number of hydrogen-bond donors (Lipinski definition) is 1. The van der Waals surface area contributed by atoms with Gasteiger partial charge in [-0.15, -0.1) is 0 Å². The molecule has 0 aromatic heterocycles. The van der Waals surface area contributed by atoms with Crippen molar-refractivity contribution in [2.75, 3.05) is 0 Å². The van der Waals surface area contributed by atoms with E-state index in [1.807, 2.05) is 0 Å². The lowest BCUT2D eigenvalue weighted by Gasteiger charge is -2.25. The number of rotatable bonds is 1. The van der Waals surface area contributed by atoms with Crippen molar-refractivity contribution in [1.29, 1.82) is 0 Å². The zero-order chi connectivity index (χ0) is 6.69. The summed E-state index contributed by atoms with van der Waals surface area (Å²) >= 11 is 0. The fraction of sp³-hybridized carbons (Fsp3) is 1.00. The van der Waals surface area contributed by atoms with Crippen LogP contribution in [0, 0.1) is 5.92 Å². The minimum atomic E-state index is 0.0174. The van der Waals surface area contributed by atoms with Crippen molar-refractivity contribution >= 4 is 0 Å². The number of aliphatic hydroxyl groups is 1. The summed E-state index contributed by atoms with van der Waals surface area (Å²) in [7, 11) is 0. The van der Waals surface area contributed by atoms with Gasteiger partial charge in [-0.2, -0.15) is 0 Å². The Bertz CT molecular complexity index is 80.6. The van der Waals surface area contributed by atoms with Gasteiger partial charge >= 0.3 is 0 Å². The summed E-state index contributed by atoms with van der Waals surface area (Å²) in [6, 6.07) is 0. The summed E-state index contributed by atoms with van der Waals surface area (Å²) in [5.74, 6) is 0.610. The van der Waals surface area contributed by atoms with Crippen molar-refractivity contribution in [3.63, 3.8) is 0 Å². The second-order valence-corrected chi connectivity index (χ2v) is 3.02. The third-order valence-electron chi connectivity index (χ3n) is 2.39. The van der Waals surface area contributed by atoms with Crippen LogP contribution in [0.2, 0.25) is 0 Å². The molecule has 0 amide bonds. The molecule has 1 saturated carbocycles. The molecule has 1 fully saturated rings. The van der Waals surface area contributed by atoms with E-state index in [1.54, 1.807) is 0 Å². The largest absolute Gasteiger partial charge is 0.393 e. The predicted octanol–water partition coefficient (Wildman–Crippen LogP) is 1.95. The Balaban J connectivity index is 2.30. The Morgan fingerprint density at radius 3 is 2.44 bits per heavy atom. The topological polar surface area (TPSA) is 20.2 Å². The molecule has 1 rings (SSSR count). The maximum absolute atomic E-state index is 9.37. The molecule has 9 heavy (non-hydrogen) atoms. The molecule has 0 aliphatic heterocycles. The van der Waals surface area contributed by atoms with E-state index in [0.29, 0.717) is 5.92 Å². The van der Waals surface area contributed by atoms with E-state index in [1.165, 1.54) is 19.3 Å². The zero-order valence-electron chi connectivity index (χ0n) is 6.14. The van der Waals surface area contributed by atoms with Crippen LogP contribution in [-0.2, 0) is 0 Å². The predicted molar refractivity (Wildman–Crippen MR) is 38.3 cm³/mol. The van der Waals surface area contributed by atoms with Gasteiger partial charge in [0.15, 0.2) is 0 Å². The molecule has 54 valence electrons. The Hall–Kier alpha value is -0.0400. The maximum Gasteiger partial charge on any atom is 0.0568 e. The van der Waals surface area contributed by atoms with E-state index < -0.39 is 0 Å². The van der Waals surface area contributed by atoms with Gasteiger partial charge in [0.1, 0.15) is 0 Å². The van der Waals surface area contributed by atoms with Gasteiger partial charge in [0.25, 0.3) is 0 Å². The summed E-state index contributed by atoms with van der Waals surface area (Å²) in [6.07, 6.45) is 6.02. The highest BCUT2D eigenvalue weighted by atomic mass is 16.3. The molecule has 1 heteroatoms. The van der Waals surface area contributed by atoms with Gasteiger partial charge in [0, 0.05) is 0 Å². The monoisotopic (exact) mass is 128 g/mol. The van der Waals surface area contributed by atoms with Crippen LogP contribution in [0.5, 0.6) is 0 Å². The molecule has 2 atom stereocenters. The van der Waals surface area contributed by atoms with Gasteiger partial charge in [0.2, 0.25) is 0 Å². The third kappa shape index (κ3) is 1.68. The molecular weight excluding hydrogens is 112 g/mol. The van der Waals surface area contributed by atoms with Gasteiger partial charge < -0.3 is 5.11 Å². The lowest BCUT2D eigenvalue weighted by atomic mass is 9.85. The average molecular weight is 128 g/mol. The van der Waals surface area contributed by atoms with Crippen LogP contribution in [0.25, 0.3) is 0 Å². The fourth-order valence-corrected chi connectivity index (χ4v) is 1.66. The van der Waals surface area contributed by atoms with Crippen LogP contribution in [0.15, 0.2) is 0 Å². The first-order valence-corrected chi connectivity index (χ1v) is 4.02. The molecule has 1 unspecified atom stereocenters. The number of aliphatic hydroxyl groups excluding tert-OH is 1. The maximum atomic E-state index is 9.37. The van der Waals surface area contributed by atoms with Gasteiger partial charge in [-0.3, -0.25) is 0 Å². The molecule has 0 radical (unpaired) electrons. The first kappa shape index (κ1) is 7.07. The lowest BCUT2D eigenvalue weighted by Crippen LogP contribution is -2.23. The molecule has 0 aromatic carbocycles. The number of hydrogen-bond acceptors (Lipinski definition) is 1. The summed E-state index contributed by atoms with van der Waals surface area (Å²) in [5.41, 5.74) is 0. The third-order valence-corrected chi connectivity index (χ3v) is 2.39. The van der Waals surface area contributed by atoms with Crippen LogP contribution in [0.3, 0.4) is 0 Å². The SMILES string of the molecule is CC[C@@H]1CCCCC1O. The minimum absolute atomic E-state index is 0.0174. The molecule has 0 heterocycles. The van der Waals surface area contributed by atoms with Crippen molar-refractivity contribution in [3.8, 4) is 0 Å². The second-order valence-electron chi connectivity index (χ2n) is 3.02. The quantitative estimate of drug-likeness (QED) is 0.572. The Kier molecular flexibility index (Phi) is 2.52. The minimum Gasteiger partial charge on any atom is -0.393 e. The van der Waals surface area contributed by atoms with E-state index in [-0.39, 0.29) is 6.10 Å². The van der Waals surface area contributed by atoms with Crippen molar-refractivity contribution in [3.05, 3.63) is 0 Å². The molecule has 1 aliphatic rings. The lowest BCUT2D eigenvalue weighted by molar-refractivity contribution is 0.0680. The second kappa shape index (κ2) is 3.21. The molecule has 1 N–H and O–H groups in total. The van der Waals surface area contributed by atoms with E-state index in [2.05, 4.69) is 6.92 Å². The average Bonchev–Trinajstić information content (AvgIpc) is 1.89. The van der Waals surface area contributed by atoms with Crippen molar-refractivity contribution < 1.29 is 5.11 Å². The summed E-state index contributed by atoms with van der Waals surface area (Å²) < 4.78 is 0. The first-order valence-electron chi connectivity index (χ1n) is 4.02. The van der Waals surface area contributed by atoms with E-state index >= 15 is 0 Å². The molecule has 0 saturated heterocycles. The van der Waals surface area contributed by atoms with Crippen LogP contribution in [0.1, 0.15) is 39.0 Å². The molecule has 1 aliphatic carbocycles. The van der Waals surface area contributed by atoms with Gasteiger partial charge in [0.05, 0.1) is 6.10 Å². The molecule has 0 aromatic rings. The van der Waals surface area contributed by atoms with Crippen LogP contribution in [0.4, 0.5) is 0 Å². The first-order chi connectivity index (χ1) is 4.34. The van der Waals surface area contributed by atoms with Crippen molar-refractivity contribution in [2.24, 2.45) is 5.92 Å². The normalized spacial score (nSPS) is 36.7. The van der Waals surface area contributed by atoms with Gasteiger partial charge in [-0.05, 0) is 18.8 Å². The van der Waals surface area contributed by atoms with Crippen molar-refractivity contribution in [1.82, 2.24) is 0 Å². The highest BCUT2D eigenvalue weighted by molar-refractivity contribution is 4.72. The summed E-state index contributed by atoms with van der Waals surface area (Å²) in [5, 5.41) is 9.37. The molecule has 0 bridgehead atoms. The fourth-order valence-electron chi connectivity index (χ4n) is 1.66. The van der Waals surface area contributed by atoms with Crippen LogP contribution >= 0.6 is 0 Å². The molecule has 0 spiro atoms. The summed E-state index contributed by atoms with van der Waals surface area (Å²) in [4.78, 5) is 0. The van der Waals surface area contributed by atoms with E-state index in [9.17, 15) is 5.11 Å². The molecule has 1 nitrogen and oxygen atoms in total. The van der Waals surface area contributed by atoms with Crippen LogP contribution in [-0.4, -0.2) is 11.2 Å². The summed E-state index contributed by atoms with van der Waals surface area (Å²) in [6.45, 7) is 2.17. The van der Waals surface area contributed by atoms with E-state index in [4.69, 9.17) is 0 Å². The highest BCUT2D eigenvalue weighted by Crippen LogP contribution is 2.26. The Morgan fingerprint density at radius 1 is 1.33 bits per heavy atom.